The van der Waals surface area contributed by atoms with Gasteiger partial charge >= 0.3 is 0 Å². The molecule has 0 aliphatic carbocycles. The van der Waals surface area contributed by atoms with Crippen LogP contribution in [0.1, 0.15) is 10.4 Å². The number of para-hydroxylation sites is 1. The van der Waals surface area contributed by atoms with Crippen LogP contribution >= 0.6 is 27.3 Å². The Bertz CT molecular complexity index is 819. The van der Waals surface area contributed by atoms with Crippen LogP contribution in [0, 0.1) is 0 Å². The summed E-state index contributed by atoms with van der Waals surface area (Å²) < 4.78 is 7.27. The molecule has 3 aromatic rings. The zero-order valence-corrected chi connectivity index (χ0v) is 16.2. The number of ketones is 1. The molecule has 0 aliphatic heterocycles. The first-order valence-corrected chi connectivity index (χ1v) is 8.24. The summed E-state index contributed by atoms with van der Waals surface area (Å²) in [6, 6.07) is 13.1. The van der Waals surface area contributed by atoms with E-state index in [0.29, 0.717) is 10.7 Å². The summed E-state index contributed by atoms with van der Waals surface area (Å²) in [7, 11) is 1.62. The number of anilines is 1. The number of methoxy groups -OCH3 is 1. The van der Waals surface area contributed by atoms with E-state index in [2.05, 4.69) is 26.2 Å². The lowest BCUT2D eigenvalue weighted by Gasteiger charge is -2.02. The molecule has 120 valence electrons. The quantitative estimate of drug-likeness (QED) is 0.589. The van der Waals surface area contributed by atoms with E-state index >= 15 is 0 Å². The van der Waals surface area contributed by atoms with E-state index in [1.165, 1.54) is 11.3 Å². The fourth-order valence-electron chi connectivity index (χ4n) is 2.06. The third-order valence-electron chi connectivity index (χ3n) is 3.17. The van der Waals surface area contributed by atoms with E-state index in [1.54, 1.807) is 19.2 Å². The Balaban J connectivity index is 0.00000192. The van der Waals surface area contributed by atoms with Crippen LogP contribution in [-0.4, -0.2) is 24.4 Å². The molecule has 23 heavy (non-hydrogen) atoms. The van der Waals surface area contributed by atoms with Gasteiger partial charge in [-0.2, -0.15) is 0 Å². The maximum absolute atomic E-state index is 12.1. The van der Waals surface area contributed by atoms with Gasteiger partial charge in [-0.15, -0.1) is 0 Å². The second-order valence-electron chi connectivity index (χ2n) is 4.61. The Morgan fingerprint density at radius 1 is 1.26 bits per heavy atom. The van der Waals surface area contributed by atoms with Crippen molar-refractivity contribution in [2.75, 3.05) is 19.0 Å². The van der Waals surface area contributed by atoms with Crippen molar-refractivity contribution in [2.24, 2.45) is 0 Å². The first-order chi connectivity index (χ1) is 10.7. The van der Waals surface area contributed by atoms with Gasteiger partial charge < -0.3 is 27.0 Å². The number of carbonyl (C=O) groups is 1. The molecule has 1 N–H and O–H groups in total. The highest BCUT2D eigenvalue weighted by molar-refractivity contribution is 9.10. The van der Waals surface area contributed by atoms with Crippen LogP contribution < -0.4 is 27.0 Å². The van der Waals surface area contributed by atoms with E-state index in [-0.39, 0.29) is 29.3 Å². The number of nitrogens with zero attached hydrogens (tertiary/aromatic N) is 1. The second kappa shape index (κ2) is 7.90. The van der Waals surface area contributed by atoms with Crippen molar-refractivity contribution in [2.45, 2.75) is 0 Å². The smallest absolute Gasteiger partial charge is 0.184 e. The van der Waals surface area contributed by atoms with Gasteiger partial charge in [-0.25, -0.2) is 4.98 Å². The van der Waals surface area contributed by atoms with Gasteiger partial charge in [-0.05, 0) is 24.3 Å². The van der Waals surface area contributed by atoms with Crippen LogP contribution in [0.25, 0.3) is 10.2 Å². The lowest BCUT2D eigenvalue weighted by molar-refractivity contribution is -0.0000121. The summed E-state index contributed by atoms with van der Waals surface area (Å²) in [5, 5.41) is 3.80. The lowest BCUT2D eigenvalue weighted by Crippen LogP contribution is -3.00. The third kappa shape index (κ3) is 4.10. The predicted octanol–water partition coefficient (Wildman–Crippen LogP) is 1.37. The van der Waals surface area contributed by atoms with Crippen LogP contribution in [0.5, 0.6) is 5.75 Å². The minimum atomic E-state index is 0. The van der Waals surface area contributed by atoms with Crippen LogP contribution in [0.2, 0.25) is 0 Å². The molecule has 7 heteroatoms. The number of ether oxygens (including phenoxy) is 1. The average Bonchev–Trinajstić information content (AvgIpc) is 2.96. The van der Waals surface area contributed by atoms with Gasteiger partial charge in [0.05, 0.1) is 18.4 Å². The number of hydrogen-bond donors (Lipinski definition) is 1. The van der Waals surface area contributed by atoms with E-state index < -0.39 is 0 Å². The molecule has 0 radical (unpaired) electrons. The number of aromatic nitrogens is 1. The monoisotopic (exact) mass is 455 g/mol. The number of halogens is 2. The molecule has 0 atom stereocenters. The average molecular weight is 457 g/mol. The van der Waals surface area contributed by atoms with Gasteiger partial charge in [0, 0.05) is 10.0 Å². The molecule has 0 spiro atoms. The molecule has 0 fully saturated rings. The van der Waals surface area contributed by atoms with Gasteiger partial charge in [-0.1, -0.05) is 45.5 Å². The molecule has 4 nitrogen and oxygen atoms in total. The van der Waals surface area contributed by atoms with Gasteiger partial charge in [0.1, 0.15) is 11.3 Å². The molecule has 3 rings (SSSR count). The fourth-order valence-corrected chi connectivity index (χ4v) is 3.20. The molecule has 0 unspecified atom stereocenters. The minimum Gasteiger partial charge on any atom is -1.00 e. The number of rotatable bonds is 5. The number of thiazole rings is 1. The number of benzene rings is 2. The van der Waals surface area contributed by atoms with Crippen molar-refractivity contribution < 1.29 is 26.5 Å². The van der Waals surface area contributed by atoms with Crippen LogP contribution in [0.3, 0.4) is 0 Å². The normalized spacial score (nSPS) is 10.2. The van der Waals surface area contributed by atoms with Gasteiger partial charge in [0.2, 0.25) is 0 Å². The van der Waals surface area contributed by atoms with Crippen LogP contribution in [0.4, 0.5) is 5.13 Å². The summed E-state index contributed by atoms with van der Waals surface area (Å²) in [6.45, 7) is 0.212. The number of hydrogen-bond acceptors (Lipinski definition) is 5. The van der Waals surface area contributed by atoms with E-state index in [4.69, 9.17) is 4.74 Å². The number of Topliss-reactive ketones (excluding diaryl/α,β-unsaturated/α-hetero) is 1. The van der Waals surface area contributed by atoms with E-state index in [9.17, 15) is 4.79 Å². The lowest BCUT2D eigenvalue weighted by atomic mass is 10.1. The predicted molar refractivity (Wildman–Crippen MR) is 93.1 cm³/mol. The molecule has 0 bridgehead atoms. The zero-order valence-electron chi connectivity index (χ0n) is 12.2. The molecule has 2 aromatic carbocycles. The molecule has 0 saturated heterocycles. The Kier molecular flexibility index (Phi) is 6.15. The molecule has 0 saturated carbocycles. The van der Waals surface area contributed by atoms with Crippen molar-refractivity contribution in [1.29, 1.82) is 0 Å². The fraction of sp³-hybridized carbons (Fsp3) is 0.125. The van der Waals surface area contributed by atoms with E-state index in [1.807, 2.05) is 30.3 Å². The van der Waals surface area contributed by atoms with Crippen molar-refractivity contribution in [3.05, 3.63) is 52.5 Å². The molecular formula is C16H13Br2N2O2S-. The molecular weight excluding hydrogens is 444 g/mol. The van der Waals surface area contributed by atoms with Crippen molar-refractivity contribution in [3.8, 4) is 5.75 Å². The third-order valence-corrected chi connectivity index (χ3v) is 4.68. The summed E-state index contributed by atoms with van der Waals surface area (Å²) >= 11 is 4.86. The molecule has 1 heterocycles. The standard InChI is InChI=1S/C16H13BrN2O2S.BrH/c1-21-13-3-2-4-14-15(13)19-16(22-14)18-9-12(20)10-5-7-11(17)8-6-10;/h2-8H,9H2,1H3,(H,18,19);1H/p-1. The van der Waals surface area contributed by atoms with Crippen molar-refractivity contribution >= 4 is 48.4 Å². The van der Waals surface area contributed by atoms with Crippen LogP contribution in [-0.2, 0) is 0 Å². The first kappa shape index (κ1) is 17.9. The highest BCUT2D eigenvalue weighted by atomic mass is 79.9. The summed E-state index contributed by atoms with van der Waals surface area (Å²) in [6.07, 6.45) is 0. The Labute approximate surface area is 156 Å². The van der Waals surface area contributed by atoms with Crippen LogP contribution in [0.15, 0.2) is 46.9 Å². The molecule has 1 aromatic heterocycles. The first-order valence-electron chi connectivity index (χ1n) is 6.63. The Morgan fingerprint density at radius 3 is 2.70 bits per heavy atom. The summed E-state index contributed by atoms with van der Waals surface area (Å²) in [5.41, 5.74) is 1.49. The Hall–Kier alpha value is -1.44. The van der Waals surface area contributed by atoms with Crippen molar-refractivity contribution in [3.63, 3.8) is 0 Å². The van der Waals surface area contributed by atoms with Crippen molar-refractivity contribution in [1.82, 2.24) is 4.98 Å². The summed E-state index contributed by atoms with van der Waals surface area (Å²) in [4.78, 5) is 16.6. The van der Waals surface area contributed by atoms with Gasteiger partial charge in [0.25, 0.3) is 0 Å². The SMILES string of the molecule is COc1cccc2sc(NCC(=O)c3ccc(Br)cc3)nc12.[Br-]. The zero-order chi connectivity index (χ0) is 15.5. The largest absolute Gasteiger partial charge is 1.00 e. The highest BCUT2D eigenvalue weighted by Gasteiger charge is 2.10. The number of nitrogens with one attached hydrogen (secondary N) is 1. The maximum Gasteiger partial charge on any atom is 0.184 e. The van der Waals surface area contributed by atoms with E-state index in [0.717, 1.165) is 20.4 Å². The minimum absolute atomic E-state index is 0. The number of carbonyl (C=O) groups excluding carboxylic acids is 1. The molecule has 0 amide bonds. The van der Waals surface area contributed by atoms with Gasteiger partial charge in [-0.3, -0.25) is 4.79 Å². The topological polar surface area (TPSA) is 51.2 Å². The second-order valence-corrected chi connectivity index (χ2v) is 6.56. The molecule has 0 aliphatic rings. The highest BCUT2D eigenvalue weighted by Crippen LogP contribution is 2.31. The number of fused-ring (bicyclic) bond motifs is 1. The van der Waals surface area contributed by atoms with Gasteiger partial charge in [0.15, 0.2) is 10.9 Å². The summed E-state index contributed by atoms with van der Waals surface area (Å²) in [5.74, 6) is 0.764. The maximum atomic E-state index is 12.1. The Morgan fingerprint density at radius 2 is 2.00 bits per heavy atom.